The summed E-state index contributed by atoms with van der Waals surface area (Å²) in [7, 11) is 0. The summed E-state index contributed by atoms with van der Waals surface area (Å²) >= 11 is 0. The molecule has 0 saturated heterocycles. The maximum Gasteiger partial charge on any atom is 0.203 e. The lowest BCUT2D eigenvalue weighted by Gasteiger charge is -2.15. The number of carbonyl (C=O) groups is 2. The van der Waals surface area contributed by atoms with Gasteiger partial charge in [-0.3, -0.25) is 19.5 Å². The van der Waals surface area contributed by atoms with E-state index in [1.54, 1.807) is 42.9 Å². The maximum atomic E-state index is 11.2. The van der Waals surface area contributed by atoms with Crippen molar-refractivity contribution in [3.8, 4) is 23.0 Å². The van der Waals surface area contributed by atoms with Crippen LogP contribution in [0.5, 0.6) is 23.0 Å². The van der Waals surface area contributed by atoms with Gasteiger partial charge in [-0.1, -0.05) is 127 Å². The summed E-state index contributed by atoms with van der Waals surface area (Å²) < 4.78 is 36.4. The lowest BCUT2D eigenvalue weighted by molar-refractivity contribution is 0.0931. The van der Waals surface area contributed by atoms with Crippen molar-refractivity contribution in [2.45, 2.75) is 25.7 Å². The van der Waals surface area contributed by atoms with E-state index in [1.165, 1.54) is 29.9 Å². The molecule has 0 radical (unpaired) electrons. The highest BCUT2D eigenvalue weighted by atomic mass is 16.5. The van der Waals surface area contributed by atoms with Crippen LogP contribution in [-0.2, 0) is 12.8 Å². The number of aromatic amines is 1. The number of hydrogen-bond donors (Lipinski definition) is 1. The number of benzene rings is 8. The monoisotopic (exact) mass is 1040 g/mol. The predicted octanol–water partition coefficient (Wildman–Crippen LogP) is 14.8. The molecule has 8 aromatic carbocycles. The van der Waals surface area contributed by atoms with Crippen LogP contribution >= 0.6 is 0 Å². The second-order valence-corrected chi connectivity index (χ2v) is 17.6. The molecule has 12 heteroatoms. The van der Waals surface area contributed by atoms with Crippen LogP contribution in [-0.4, -0.2) is 48.2 Å². The Balaban J connectivity index is 0.000000108. The van der Waals surface area contributed by atoms with Crippen molar-refractivity contribution < 1.29 is 41.8 Å². The van der Waals surface area contributed by atoms with Crippen LogP contribution < -0.4 is 24.4 Å². The number of aryl methyl sites for hydroxylation is 1. The average molecular weight is 1040 g/mol. The highest BCUT2D eigenvalue weighted by Crippen LogP contribution is 2.26. The van der Waals surface area contributed by atoms with Crippen molar-refractivity contribution in [3.05, 3.63) is 270 Å². The van der Waals surface area contributed by atoms with Gasteiger partial charge in [-0.25, -0.2) is 0 Å². The molecule has 0 unspecified atom stereocenters. The standard InChI is InChI=1S/C9H8O2.C9H6O2.C9H10O.C8H6O2.C8H8O.2C8H6O.C7H6N2/c2*10-8-5-6-11-9-4-2-1-3-7(8)9;1-2-6-9-8(4-1)5-3-7-10-9;9-7-5-10-8-4-2-1-3-6(7)8;3*1-2-4-8-7(3-1)5-6-9-8;1-2-4-7-6(3-1)5-8-9-7/h1-4H,5-6H2;1-6H;1-2,4,6H,3,5,7H2;1-4H,5H2;1-4H,5-6H2;2*1-6H;1-5H,(H,8,9). The molecular weight excluding hydrogens is 981 g/mol. The molecule has 16 rings (SSSR count). The number of ketones is 2. The van der Waals surface area contributed by atoms with E-state index >= 15 is 0 Å². The molecule has 78 heavy (non-hydrogen) atoms. The van der Waals surface area contributed by atoms with E-state index in [1.807, 2.05) is 164 Å². The number of nitrogens with zero attached hydrogens (tertiary/aromatic N) is 1. The zero-order valence-corrected chi connectivity index (χ0v) is 42.7. The van der Waals surface area contributed by atoms with Gasteiger partial charge >= 0.3 is 0 Å². The van der Waals surface area contributed by atoms with Gasteiger partial charge in [0.25, 0.3) is 0 Å². The SMILES string of the molecule is O=C1CCOc2ccccc21.O=C1COc2ccccc21.O=c1ccoc2ccccc12.c1ccc2[nH]ncc2c1.c1ccc2c(c1)CCCO2.c1ccc2c(c1)CCO2.c1ccc2occc2c1.c1ccc2occc2c1. The van der Waals surface area contributed by atoms with Crippen LogP contribution in [0.2, 0.25) is 0 Å². The number of carbonyl (C=O) groups excluding carboxylic acids is 2. The first kappa shape index (κ1) is 52.9. The lowest BCUT2D eigenvalue weighted by Crippen LogP contribution is -2.14. The second-order valence-electron chi connectivity index (χ2n) is 17.6. The molecule has 0 atom stereocenters. The molecule has 0 spiro atoms. The van der Waals surface area contributed by atoms with Crippen molar-refractivity contribution in [2.75, 3.05) is 26.4 Å². The summed E-state index contributed by atoms with van der Waals surface area (Å²) in [6.07, 6.45) is 10.6. The van der Waals surface area contributed by atoms with E-state index in [-0.39, 0.29) is 23.6 Å². The van der Waals surface area contributed by atoms with Gasteiger partial charge in [0, 0.05) is 35.1 Å². The molecule has 0 saturated carbocycles. The Morgan fingerprint density at radius 2 is 0.846 bits per heavy atom. The smallest absolute Gasteiger partial charge is 0.203 e. The second kappa shape index (κ2) is 27.6. The van der Waals surface area contributed by atoms with Gasteiger partial charge in [0.2, 0.25) is 5.78 Å². The minimum Gasteiger partial charge on any atom is -0.493 e. The number of aromatic nitrogens is 2. The first-order valence-corrected chi connectivity index (χ1v) is 25.6. The molecule has 12 nitrogen and oxygen atoms in total. The molecule has 0 bridgehead atoms. The first-order chi connectivity index (χ1) is 38.5. The summed E-state index contributed by atoms with van der Waals surface area (Å²) in [6, 6.07) is 67.5. The Kier molecular flexibility index (Phi) is 18.7. The van der Waals surface area contributed by atoms with Gasteiger partial charge in [-0.15, -0.1) is 0 Å². The van der Waals surface area contributed by atoms with E-state index < -0.39 is 0 Å². The molecular formula is C66H56N2O10. The van der Waals surface area contributed by atoms with E-state index in [9.17, 15) is 14.4 Å². The number of hydrogen-bond acceptors (Lipinski definition) is 11. The van der Waals surface area contributed by atoms with Gasteiger partial charge in [0.15, 0.2) is 17.8 Å². The molecule has 390 valence electrons. The van der Waals surface area contributed by atoms with Crippen LogP contribution in [0.1, 0.15) is 44.7 Å². The Morgan fingerprint density at radius 1 is 0.372 bits per heavy atom. The summed E-state index contributed by atoms with van der Waals surface area (Å²) in [6.45, 7) is 2.48. The van der Waals surface area contributed by atoms with E-state index in [0.717, 1.165) is 81.7 Å². The number of H-pyrrole nitrogens is 1. The molecule has 0 amide bonds. The van der Waals surface area contributed by atoms with Crippen LogP contribution in [0, 0.1) is 0 Å². The fourth-order valence-corrected chi connectivity index (χ4v) is 8.40. The summed E-state index contributed by atoms with van der Waals surface area (Å²) in [5.74, 6) is 3.85. The van der Waals surface area contributed by atoms with Crippen molar-refractivity contribution in [1.82, 2.24) is 10.2 Å². The van der Waals surface area contributed by atoms with Crippen LogP contribution in [0.3, 0.4) is 0 Å². The maximum absolute atomic E-state index is 11.2. The highest BCUT2D eigenvalue weighted by molar-refractivity contribution is 6.02. The number of Topliss-reactive ketones (excluding diaryl/α,β-unsaturated/α-hetero) is 2. The minimum absolute atomic E-state index is 0.00634. The Hall–Kier alpha value is -9.94. The third-order valence-electron chi connectivity index (χ3n) is 12.4. The zero-order chi connectivity index (χ0) is 53.6. The van der Waals surface area contributed by atoms with Gasteiger partial charge in [-0.2, -0.15) is 5.10 Å². The predicted molar refractivity (Wildman–Crippen MR) is 304 cm³/mol. The minimum atomic E-state index is 0.00634. The largest absolute Gasteiger partial charge is 0.493 e. The lowest BCUT2D eigenvalue weighted by atomic mass is 10.1. The van der Waals surface area contributed by atoms with Crippen molar-refractivity contribution >= 4 is 55.4 Å². The van der Waals surface area contributed by atoms with E-state index in [0.29, 0.717) is 35.3 Å². The third kappa shape index (κ3) is 14.7. The van der Waals surface area contributed by atoms with Crippen LogP contribution in [0.25, 0.3) is 43.8 Å². The van der Waals surface area contributed by atoms with Gasteiger partial charge in [-0.05, 0) is 103 Å². The van der Waals surface area contributed by atoms with Crippen LogP contribution in [0.4, 0.5) is 0 Å². The number of rotatable bonds is 0. The van der Waals surface area contributed by atoms with Gasteiger partial charge < -0.3 is 32.2 Å². The first-order valence-electron chi connectivity index (χ1n) is 25.6. The third-order valence-corrected chi connectivity index (χ3v) is 12.4. The van der Waals surface area contributed by atoms with Crippen molar-refractivity contribution in [3.63, 3.8) is 0 Å². The highest BCUT2D eigenvalue weighted by Gasteiger charge is 2.19. The molecule has 4 aromatic heterocycles. The molecule has 12 aromatic rings. The Labute approximate surface area is 450 Å². The molecule has 1 N–H and O–H groups in total. The van der Waals surface area contributed by atoms with E-state index in [4.69, 9.17) is 32.2 Å². The van der Waals surface area contributed by atoms with Gasteiger partial charge in [0.1, 0.15) is 39.7 Å². The molecule has 0 aliphatic carbocycles. The molecule has 4 aliphatic rings. The fourth-order valence-electron chi connectivity index (χ4n) is 8.40. The number of ether oxygens (including phenoxy) is 4. The normalized spacial score (nSPS) is 12.7. The van der Waals surface area contributed by atoms with Gasteiger partial charge in [0.05, 0.1) is 66.8 Å². The fraction of sp³-hybridized carbons (Fsp3) is 0.121. The molecule has 4 aliphatic heterocycles. The number of fused-ring (bicyclic) bond motifs is 8. The van der Waals surface area contributed by atoms with E-state index in [2.05, 4.69) is 28.4 Å². The molecule has 0 fully saturated rings. The summed E-state index contributed by atoms with van der Waals surface area (Å²) in [4.78, 5) is 33.3. The van der Waals surface area contributed by atoms with Crippen LogP contribution in [0.15, 0.2) is 255 Å². The van der Waals surface area contributed by atoms with Crippen molar-refractivity contribution in [2.24, 2.45) is 0 Å². The molecule has 8 heterocycles. The number of nitrogens with one attached hydrogen (secondary N) is 1. The quantitative estimate of drug-likeness (QED) is 0.154. The summed E-state index contributed by atoms with van der Waals surface area (Å²) in [5, 5.41) is 10.9. The number of para-hydroxylation sites is 8. The zero-order valence-electron chi connectivity index (χ0n) is 42.7. The Morgan fingerprint density at radius 3 is 1.45 bits per heavy atom. The summed E-state index contributed by atoms with van der Waals surface area (Å²) in [5.41, 5.74) is 7.78. The Bertz CT molecular complexity index is 3590. The number of furan rings is 2. The van der Waals surface area contributed by atoms with Crippen molar-refractivity contribution in [1.29, 1.82) is 0 Å². The topological polar surface area (TPSA) is 156 Å². The average Bonchev–Trinajstić information content (AvgIpc) is 4.39.